The van der Waals surface area contributed by atoms with Crippen LogP contribution in [-0.4, -0.2) is 68.2 Å². The van der Waals surface area contributed by atoms with Crippen LogP contribution >= 0.6 is 0 Å². The molecule has 2 heterocycles. The van der Waals surface area contributed by atoms with E-state index in [9.17, 15) is 18.8 Å². The number of hydrogen-bond acceptors (Lipinski definition) is 5. The molecule has 0 aliphatic carbocycles. The van der Waals surface area contributed by atoms with Gasteiger partial charge in [-0.05, 0) is 18.2 Å². The molecular formula is C18H23FN4O4. The molecule has 0 spiro atoms. The number of halogens is 1. The van der Waals surface area contributed by atoms with Crippen molar-refractivity contribution in [3.63, 3.8) is 0 Å². The number of nitrogens with zero attached hydrogens (tertiary/aromatic N) is 3. The fourth-order valence-corrected chi connectivity index (χ4v) is 3.28. The number of amides is 3. The third kappa shape index (κ3) is 4.29. The number of ether oxygens (including phenoxy) is 1. The van der Waals surface area contributed by atoms with E-state index in [1.165, 1.54) is 24.8 Å². The van der Waals surface area contributed by atoms with Gasteiger partial charge in [-0.15, -0.1) is 0 Å². The monoisotopic (exact) mass is 378 g/mol. The van der Waals surface area contributed by atoms with E-state index >= 15 is 0 Å². The molecule has 3 amide bonds. The molecule has 1 aromatic rings. The van der Waals surface area contributed by atoms with E-state index in [-0.39, 0.29) is 24.9 Å². The molecule has 9 heteroatoms. The maximum atomic E-state index is 14.7. The minimum absolute atomic E-state index is 0.0202. The highest BCUT2D eigenvalue weighted by molar-refractivity contribution is 5.90. The average molecular weight is 378 g/mol. The van der Waals surface area contributed by atoms with Gasteiger partial charge in [0.25, 0.3) is 0 Å². The van der Waals surface area contributed by atoms with Crippen LogP contribution in [0.4, 0.5) is 20.6 Å². The van der Waals surface area contributed by atoms with Crippen molar-refractivity contribution in [3.05, 3.63) is 24.0 Å². The second kappa shape index (κ2) is 7.81. The largest absolute Gasteiger partial charge is 0.442 e. The number of rotatable bonds is 4. The third-order valence-corrected chi connectivity index (χ3v) is 4.76. The minimum Gasteiger partial charge on any atom is -0.442 e. The van der Waals surface area contributed by atoms with Gasteiger partial charge in [-0.3, -0.25) is 14.5 Å². The van der Waals surface area contributed by atoms with Crippen molar-refractivity contribution in [2.45, 2.75) is 20.0 Å². The topological polar surface area (TPSA) is 82.2 Å². The maximum absolute atomic E-state index is 14.7. The highest BCUT2D eigenvalue weighted by Gasteiger charge is 2.33. The number of anilines is 2. The molecule has 1 aromatic carbocycles. The van der Waals surface area contributed by atoms with Crippen LogP contribution in [0.15, 0.2) is 18.2 Å². The smallest absolute Gasteiger partial charge is 0.414 e. The molecule has 0 bridgehead atoms. The van der Waals surface area contributed by atoms with Crippen molar-refractivity contribution in [3.8, 4) is 0 Å². The lowest BCUT2D eigenvalue weighted by molar-refractivity contribution is -0.129. The molecule has 2 aliphatic rings. The number of piperazine rings is 1. The lowest BCUT2D eigenvalue weighted by Gasteiger charge is -2.35. The molecule has 0 aromatic heterocycles. The van der Waals surface area contributed by atoms with Gasteiger partial charge in [0.15, 0.2) is 0 Å². The molecule has 27 heavy (non-hydrogen) atoms. The molecule has 8 nitrogen and oxygen atoms in total. The predicted octanol–water partition coefficient (Wildman–Crippen LogP) is 0.956. The summed E-state index contributed by atoms with van der Waals surface area (Å²) >= 11 is 0. The van der Waals surface area contributed by atoms with Gasteiger partial charge >= 0.3 is 6.09 Å². The van der Waals surface area contributed by atoms with Crippen LogP contribution in [0.5, 0.6) is 0 Å². The first kappa shape index (κ1) is 18.9. The van der Waals surface area contributed by atoms with Crippen LogP contribution in [0.25, 0.3) is 0 Å². The van der Waals surface area contributed by atoms with Gasteiger partial charge in [0.05, 0.1) is 24.5 Å². The summed E-state index contributed by atoms with van der Waals surface area (Å²) in [7, 11) is 0. The Morgan fingerprint density at radius 2 is 1.93 bits per heavy atom. The number of cyclic esters (lactones) is 1. The summed E-state index contributed by atoms with van der Waals surface area (Å²) in [5.74, 6) is -0.613. The average Bonchev–Trinajstić information content (AvgIpc) is 3.01. The number of nitrogens with one attached hydrogen (secondary N) is 1. The Labute approximate surface area is 156 Å². The van der Waals surface area contributed by atoms with E-state index in [1.807, 2.05) is 4.90 Å². The Balaban J connectivity index is 1.66. The number of benzene rings is 1. The zero-order valence-corrected chi connectivity index (χ0v) is 15.4. The van der Waals surface area contributed by atoms with E-state index in [0.29, 0.717) is 37.6 Å². The lowest BCUT2D eigenvalue weighted by Crippen LogP contribution is -2.48. The Bertz CT molecular complexity index is 749. The van der Waals surface area contributed by atoms with E-state index < -0.39 is 18.0 Å². The van der Waals surface area contributed by atoms with Crippen LogP contribution in [-0.2, 0) is 14.3 Å². The summed E-state index contributed by atoms with van der Waals surface area (Å²) < 4.78 is 19.9. The molecule has 1 atom stereocenters. The lowest BCUT2D eigenvalue weighted by atomic mass is 10.2. The second-order valence-corrected chi connectivity index (χ2v) is 6.68. The van der Waals surface area contributed by atoms with Crippen molar-refractivity contribution in [2.24, 2.45) is 0 Å². The van der Waals surface area contributed by atoms with Gasteiger partial charge in [0, 0.05) is 40.0 Å². The number of carbonyl (C=O) groups is 3. The highest BCUT2D eigenvalue weighted by Crippen LogP contribution is 2.28. The predicted molar refractivity (Wildman–Crippen MR) is 97.2 cm³/mol. The summed E-state index contributed by atoms with van der Waals surface area (Å²) in [6.07, 6.45) is -1.03. The van der Waals surface area contributed by atoms with Crippen LogP contribution in [0.3, 0.4) is 0 Å². The number of hydrogen-bond donors (Lipinski definition) is 1. The zero-order valence-electron chi connectivity index (χ0n) is 15.4. The van der Waals surface area contributed by atoms with E-state index in [4.69, 9.17) is 4.74 Å². The first-order chi connectivity index (χ1) is 12.8. The van der Waals surface area contributed by atoms with Crippen molar-refractivity contribution < 1.29 is 23.5 Å². The van der Waals surface area contributed by atoms with Crippen molar-refractivity contribution in [1.29, 1.82) is 0 Å². The summed E-state index contributed by atoms with van der Waals surface area (Å²) in [6.45, 7) is 5.60. The maximum Gasteiger partial charge on any atom is 0.414 e. The molecule has 3 rings (SSSR count). The minimum atomic E-state index is -0.562. The van der Waals surface area contributed by atoms with E-state index in [0.717, 1.165) is 0 Å². The van der Waals surface area contributed by atoms with Gasteiger partial charge in [-0.2, -0.15) is 0 Å². The van der Waals surface area contributed by atoms with Crippen molar-refractivity contribution >= 4 is 29.3 Å². The van der Waals surface area contributed by atoms with Gasteiger partial charge in [0.1, 0.15) is 11.9 Å². The molecule has 146 valence electrons. The quantitative estimate of drug-likeness (QED) is 0.844. The van der Waals surface area contributed by atoms with Crippen LogP contribution in [0.2, 0.25) is 0 Å². The normalized spacial score (nSPS) is 19.9. The highest BCUT2D eigenvalue weighted by atomic mass is 19.1. The van der Waals surface area contributed by atoms with Crippen LogP contribution < -0.4 is 15.1 Å². The molecule has 0 unspecified atom stereocenters. The summed E-state index contributed by atoms with van der Waals surface area (Å²) in [5, 5.41) is 2.60. The van der Waals surface area contributed by atoms with Gasteiger partial charge in [0.2, 0.25) is 11.8 Å². The van der Waals surface area contributed by atoms with E-state index in [1.54, 1.807) is 17.0 Å². The Morgan fingerprint density at radius 3 is 2.52 bits per heavy atom. The standard InChI is InChI=1S/C18H23FN4O4/c1-12(24)20-10-15-11-23(18(26)27-15)14-3-4-17(16(19)9-14)22-7-5-21(6-8-22)13(2)25/h3-4,9,15H,5-8,10-11H2,1-2H3,(H,20,24)/t15-/m0/s1. The molecule has 2 aliphatic heterocycles. The Morgan fingerprint density at radius 1 is 1.22 bits per heavy atom. The third-order valence-electron chi connectivity index (χ3n) is 4.76. The fourth-order valence-electron chi connectivity index (χ4n) is 3.28. The summed E-state index contributed by atoms with van der Waals surface area (Å²) in [6, 6.07) is 4.63. The fraction of sp³-hybridized carbons (Fsp3) is 0.500. The summed E-state index contributed by atoms with van der Waals surface area (Å²) in [4.78, 5) is 39.4. The van der Waals surface area contributed by atoms with Crippen molar-refractivity contribution in [1.82, 2.24) is 10.2 Å². The molecule has 2 fully saturated rings. The molecule has 1 N–H and O–H groups in total. The first-order valence-corrected chi connectivity index (χ1v) is 8.87. The van der Waals surface area contributed by atoms with Crippen LogP contribution in [0.1, 0.15) is 13.8 Å². The molecule has 0 radical (unpaired) electrons. The van der Waals surface area contributed by atoms with Gasteiger partial charge in [-0.25, -0.2) is 9.18 Å². The zero-order chi connectivity index (χ0) is 19.6. The Kier molecular flexibility index (Phi) is 5.48. The van der Waals surface area contributed by atoms with Gasteiger partial charge in [-0.1, -0.05) is 0 Å². The number of carbonyl (C=O) groups excluding carboxylic acids is 3. The molecule has 2 saturated heterocycles. The van der Waals surface area contributed by atoms with Crippen molar-refractivity contribution in [2.75, 3.05) is 49.1 Å². The molecular weight excluding hydrogens is 355 g/mol. The Hall–Kier alpha value is -2.84. The SMILES string of the molecule is CC(=O)NC[C@H]1CN(c2ccc(N3CCN(C(C)=O)CC3)c(F)c2)C(=O)O1. The molecule has 0 saturated carbocycles. The van der Waals surface area contributed by atoms with Gasteiger partial charge < -0.3 is 19.9 Å². The second-order valence-electron chi connectivity index (χ2n) is 6.68. The van der Waals surface area contributed by atoms with E-state index in [2.05, 4.69) is 5.32 Å². The van der Waals surface area contributed by atoms with Crippen LogP contribution in [0, 0.1) is 5.82 Å². The first-order valence-electron chi connectivity index (χ1n) is 8.87. The summed E-state index contributed by atoms with van der Waals surface area (Å²) in [5.41, 5.74) is 0.859.